The van der Waals surface area contributed by atoms with Crippen LogP contribution in [0.5, 0.6) is 0 Å². The Kier molecular flexibility index (Phi) is 6.79. The number of pyridine rings is 1. The number of aryl methyl sites for hydroxylation is 1. The van der Waals surface area contributed by atoms with Crippen molar-refractivity contribution in [3.05, 3.63) is 63.4 Å². The number of nitrogens with one attached hydrogen (secondary N) is 1. The van der Waals surface area contributed by atoms with Gasteiger partial charge in [0, 0.05) is 22.7 Å². The maximum atomic E-state index is 12.2. The van der Waals surface area contributed by atoms with Crippen molar-refractivity contribution in [2.24, 2.45) is 0 Å². The number of carboxylic acids is 1. The molecule has 0 saturated carbocycles. The third-order valence-electron chi connectivity index (χ3n) is 3.70. The molecule has 0 fully saturated rings. The number of carbonyl (C=O) groups excluding carboxylic acids is 1. The Bertz CT molecular complexity index is 743. The highest BCUT2D eigenvalue weighted by Crippen LogP contribution is 2.24. The zero-order chi connectivity index (χ0) is 18.4. The molecule has 0 aliphatic carbocycles. The number of aromatic nitrogens is 1. The van der Waals surface area contributed by atoms with Gasteiger partial charge in [-0.1, -0.05) is 35.3 Å². The van der Waals surface area contributed by atoms with Crippen molar-refractivity contribution >= 4 is 35.1 Å². The number of halogens is 2. The molecule has 1 amide bonds. The minimum Gasteiger partial charge on any atom is -0.481 e. The Balaban J connectivity index is 1.95. The van der Waals surface area contributed by atoms with Crippen LogP contribution in [0, 0.1) is 0 Å². The molecule has 7 heteroatoms. The summed E-state index contributed by atoms with van der Waals surface area (Å²) in [4.78, 5) is 27.1. The first kappa shape index (κ1) is 19.2. The molecule has 0 spiro atoms. The molecule has 2 aromatic rings. The molecule has 0 aliphatic rings. The average molecular weight is 381 g/mol. The molecule has 132 valence electrons. The second-order valence-electron chi connectivity index (χ2n) is 5.65. The van der Waals surface area contributed by atoms with Crippen LogP contribution in [0.15, 0.2) is 36.5 Å². The zero-order valence-corrected chi connectivity index (χ0v) is 15.1. The molecule has 1 aromatic heterocycles. The van der Waals surface area contributed by atoms with Crippen LogP contribution in [0.1, 0.15) is 36.2 Å². The van der Waals surface area contributed by atoms with Gasteiger partial charge in [-0.15, -0.1) is 0 Å². The minimum absolute atomic E-state index is 0.0614. The molecule has 25 heavy (non-hydrogen) atoms. The van der Waals surface area contributed by atoms with Crippen molar-refractivity contribution in [3.63, 3.8) is 0 Å². The lowest BCUT2D eigenvalue weighted by Gasteiger charge is -2.14. The predicted octanol–water partition coefficient (Wildman–Crippen LogP) is 3.83. The normalized spacial score (nSPS) is 11.8. The topological polar surface area (TPSA) is 79.3 Å². The van der Waals surface area contributed by atoms with Gasteiger partial charge in [0.25, 0.3) is 0 Å². The fourth-order valence-corrected chi connectivity index (χ4v) is 2.85. The predicted molar refractivity (Wildman–Crippen MR) is 96.9 cm³/mol. The van der Waals surface area contributed by atoms with E-state index in [2.05, 4.69) is 10.3 Å². The molecule has 0 bridgehead atoms. The number of rotatable bonds is 7. The Morgan fingerprint density at radius 3 is 2.44 bits per heavy atom. The van der Waals surface area contributed by atoms with Crippen molar-refractivity contribution < 1.29 is 14.7 Å². The van der Waals surface area contributed by atoms with Crippen LogP contribution in [0.2, 0.25) is 10.0 Å². The SMILES string of the molecule is CC(NC(=O)Cc1c(Cl)cccc1Cl)c1ccc(CCC(=O)O)cn1. The van der Waals surface area contributed by atoms with Gasteiger partial charge in [-0.05, 0) is 42.7 Å². The lowest BCUT2D eigenvalue weighted by atomic mass is 10.1. The number of hydrogen-bond donors (Lipinski definition) is 2. The average Bonchev–Trinajstić information content (AvgIpc) is 2.57. The van der Waals surface area contributed by atoms with Crippen LogP contribution in [-0.2, 0) is 22.4 Å². The lowest BCUT2D eigenvalue weighted by Crippen LogP contribution is -2.28. The summed E-state index contributed by atoms with van der Waals surface area (Å²) < 4.78 is 0. The summed E-state index contributed by atoms with van der Waals surface area (Å²) in [5, 5.41) is 12.5. The van der Waals surface area contributed by atoms with Crippen LogP contribution >= 0.6 is 23.2 Å². The van der Waals surface area contributed by atoms with Crippen molar-refractivity contribution in [1.29, 1.82) is 0 Å². The zero-order valence-electron chi connectivity index (χ0n) is 13.6. The molecule has 1 aromatic carbocycles. The van der Waals surface area contributed by atoms with Gasteiger partial charge < -0.3 is 10.4 Å². The number of amides is 1. The van der Waals surface area contributed by atoms with Gasteiger partial charge in [-0.25, -0.2) is 0 Å². The Hall–Kier alpha value is -2.11. The maximum absolute atomic E-state index is 12.2. The van der Waals surface area contributed by atoms with Gasteiger partial charge in [-0.3, -0.25) is 14.6 Å². The number of benzene rings is 1. The summed E-state index contributed by atoms with van der Waals surface area (Å²) in [6, 6.07) is 8.42. The number of hydrogen-bond acceptors (Lipinski definition) is 3. The molecule has 2 rings (SSSR count). The maximum Gasteiger partial charge on any atom is 0.303 e. The van der Waals surface area contributed by atoms with Crippen molar-refractivity contribution in [2.45, 2.75) is 32.2 Å². The molecule has 1 heterocycles. The third kappa shape index (κ3) is 5.73. The van der Waals surface area contributed by atoms with Crippen LogP contribution in [-0.4, -0.2) is 22.0 Å². The molecular weight excluding hydrogens is 363 g/mol. The quantitative estimate of drug-likeness (QED) is 0.764. The number of carbonyl (C=O) groups is 2. The third-order valence-corrected chi connectivity index (χ3v) is 4.40. The summed E-state index contributed by atoms with van der Waals surface area (Å²) in [5.74, 6) is -1.05. The number of aliphatic carboxylic acids is 1. The summed E-state index contributed by atoms with van der Waals surface area (Å²) in [6.07, 6.45) is 2.20. The highest BCUT2D eigenvalue weighted by molar-refractivity contribution is 6.36. The van der Waals surface area contributed by atoms with E-state index < -0.39 is 5.97 Å². The summed E-state index contributed by atoms with van der Waals surface area (Å²) in [7, 11) is 0. The molecule has 0 aliphatic heterocycles. The van der Waals surface area contributed by atoms with Crippen LogP contribution in [0.3, 0.4) is 0 Å². The van der Waals surface area contributed by atoms with Crippen LogP contribution < -0.4 is 5.32 Å². The van der Waals surface area contributed by atoms with Crippen molar-refractivity contribution in [1.82, 2.24) is 10.3 Å². The second-order valence-corrected chi connectivity index (χ2v) is 6.47. The van der Waals surface area contributed by atoms with E-state index in [-0.39, 0.29) is 24.8 Å². The van der Waals surface area contributed by atoms with Crippen LogP contribution in [0.4, 0.5) is 0 Å². The highest BCUT2D eigenvalue weighted by Gasteiger charge is 2.14. The van der Waals surface area contributed by atoms with E-state index in [1.54, 1.807) is 30.5 Å². The summed E-state index contributed by atoms with van der Waals surface area (Å²) in [6.45, 7) is 1.82. The first-order valence-corrected chi connectivity index (χ1v) is 8.51. The Morgan fingerprint density at radius 2 is 1.88 bits per heavy atom. The van der Waals surface area contributed by atoms with Crippen molar-refractivity contribution in [2.75, 3.05) is 0 Å². The van der Waals surface area contributed by atoms with Gasteiger partial charge >= 0.3 is 5.97 Å². The van der Waals surface area contributed by atoms with Gasteiger partial charge in [0.05, 0.1) is 18.2 Å². The molecule has 1 atom stereocenters. The fourth-order valence-electron chi connectivity index (χ4n) is 2.32. The van der Waals surface area contributed by atoms with Gasteiger partial charge in [-0.2, -0.15) is 0 Å². The molecular formula is C18H18Cl2N2O3. The summed E-state index contributed by atoms with van der Waals surface area (Å²) >= 11 is 12.2. The van der Waals surface area contributed by atoms with Gasteiger partial charge in [0.1, 0.15) is 0 Å². The van der Waals surface area contributed by atoms with E-state index >= 15 is 0 Å². The Labute approximate surface area is 156 Å². The van der Waals surface area contributed by atoms with E-state index in [1.165, 1.54) is 0 Å². The molecule has 1 unspecified atom stereocenters. The number of nitrogens with zero attached hydrogens (tertiary/aromatic N) is 1. The lowest BCUT2D eigenvalue weighted by molar-refractivity contribution is -0.137. The molecule has 0 saturated heterocycles. The van der Waals surface area contributed by atoms with E-state index in [4.69, 9.17) is 28.3 Å². The van der Waals surface area contributed by atoms with E-state index in [0.29, 0.717) is 27.7 Å². The Morgan fingerprint density at radius 1 is 1.20 bits per heavy atom. The standard InChI is InChI=1S/C18H18Cl2N2O3/c1-11(16-7-5-12(10-21-16)6-8-18(24)25)22-17(23)9-13-14(19)3-2-4-15(13)20/h2-5,7,10-11H,6,8-9H2,1H3,(H,22,23)(H,24,25). The first-order chi connectivity index (χ1) is 11.9. The van der Waals surface area contributed by atoms with E-state index in [1.807, 2.05) is 13.0 Å². The molecule has 2 N–H and O–H groups in total. The largest absolute Gasteiger partial charge is 0.481 e. The monoisotopic (exact) mass is 380 g/mol. The number of carboxylic acid groups (broad SMARTS) is 1. The molecule has 5 nitrogen and oxygen atoms in total. The van der Waals surface area contributed by atoms with Gasteiger partial charge in [0.15, 0.2) is 0 Å². The minimum atomic E-state index is -0.844. The molecule has 0 radical (unpaired) electrons. The highest BCUT2D eigenvalue weighted by atomic mass is 35.5. The summed E-state index contributed by atoms with van der Waals surface area (Å²) in [5.41, 5.74) is 2.12. The first-order valence-electron chi connectivity index (χ1n) is 7.75. The second kappa shape index (κ2) is 8.83. The fraction of sp³-hybridized carbons (Fsp3) is 0.278. The van der Waals surface area contributed by atoms with E-state index in [0.717, 1.165) is 5.56 Å². The van der Waals surface area contributed by atoms with Crippen molar-refractivity contribution in [3.8, 4) is 0 Å². The van der Waals surface area contributed by atoms with Gasteiger partial charge in [0.2, 0.25) is 5.91 Å². The van der Waals surface area contributed by atoms with Crippen LogP contribution in [0.25, 0.3) is 0 Å². The van der Waals surface area contributed by atoms with E-state index in [9.17, 15) is 9.59 Å². The smallest absolute Gasteiger partial charge is 0.303 e.